The van der Waals surface area contributed by atoms with Crippen LogP contribution < -0.4 is 0 Å². The van der Waals surface area contributed by atoms with E-state index in [1.54, 1.807) is 0 Å². The molecule has 0 aliphatic carbocycles. The third kappa shape index (κ3) is 4.19. The lowest BCUT2D eigenvalue weighted by Gasteiger charge is -2.17. The second-order valence-electron chi connectivity index (χ2n) is 4.61. The summed E-state index contributed by atoms with van der Waals surface area (Å²) in [6, 6.07) is 19.0. The zero-order chi connectivity index (χ0) is 14.2. The van der Waals surface area contributed by atoms with Gasteiger partial charge in [0.15, 0.2) is 6.29 Å². The van der Waals surface area contributed by atoms with E-state index in [0.29, 0.717) is 13.2 Å². The summed E-state index contributed by atoms with van der Waals surface area (Å²) in [5.41, 5.74) is 3.71. The molecule has 0 amide bonds. The van der Waals surface area contributed by atoms with E-state index in [1.807, 2.05) is 19.9 Å². The fourth-order valence-corrected chi connectivity index (χ4v) is 2.19. The minimum atomic E-state index is -0.146. The summed E-state index contributed by atoms with van der Waals surface area (Å²) in [5, 5.41) is 0. The molecule has 2 aromatic rings. The quantitative estimate of drug-likeness (QED) is 0.699. The van der Waals surface area contributed by atoms with Crippen molar-refractivity contribution in [1.82, 2.24) is 0 Å². The second kappa shape index (κ2) is 7.83. The van der Waals surface area contributed by atoms with Crippen molar-refractivity contribution in [3.8, 4) is 11.1 Å². The summed E-state index contributed by atoms with van der Waals surface area (Å²) >= 11 is 0. The van der Waals surface area contributed by atoms with E-state index in [-0.39, 0.29) is 6.29 Å². The normalized spacial score (nSPS) is 10.9. The third-order valence-corrected chi connectivity index (χ3v) is 3.17. The van der Waals surface area contributed by atoms with Crippen LogP contribution in [0, 0.1) is 0 Å². The van der Waals surface area contributed by atoms with Crippen LogP contribution in [0.15, 0.2) is 54.6 Å². The number of hydrogen-bond donors (Lipinski definition) is 0. The Morgan fingerprint density at radius 2 is 1.30 bits per heavy atom. The highest BCUT2D eigenvalue weighted by Gasteiger charge is 2.09. The Bertz CT molecular complexity index is 485. The first kappa shape index (κ1) is 14.8. The molecule has 0 bridgehead atoms. The van der Waals surface area contributed by atoms with Gasteiger partial charge >= 0.3 is 0 Å². The minimum Gasteiger partial charge on any atom is -0.353 e. The van der Waals surface area contributed by atoms with Gasteiger partial charge in [0, 0.05) is 19.6 Å². The molecule has 0 aromatic heterocycles. The zero-order valence-corrected chi connectivity index (χ0v) is 12.2. The van der Waals surface area contributed by atoms with E-state index >= 15 is 0 Å². The maximum atomic E-state index is 5.58. The minimum absolute atomic E-state index is 0.146. The van der Waals surface area contributed by atoms with Gasteiger partial charge in [-0.3, -0.25) is 0 Å². The van der Waals surface area contributed by atoms with Crippen LogP contribution in [0.1, 0.15) is 19.4 Å². The predicted molar refractivity (Wildman–Crippen MR) is 82.6 cm³/mol. The Morgan fingerprint density at radius 1 is 0.750 bits per heavy atom. The van der Waals surface area contributed by atoms with Gasteiger partial charge in [-0.2, -0.15) is 0 Å². The van der Waals surface area contributed by atoms with E-state index in [2.05, 4.69) is 48.5 Å². The lowest BCUT2D eigenvalue weighted by atomic mass is 10.0. The summed E-state index contributed by atoms with van der Waals surface area (Å²) in [4.78, 5) is 0. The number of hydrogen-bond acceptors (Lipinski definition) is 2. The SMILES string of the molecule is CCOC(Cc1ccc(-c2ccccc2)cc1)OCC. The predicted octanol–water partition coefficient (Wildman–Crippen LogP) is 4.30. The Balaban J connectivity index is 2.04. The Labute approximate surface area is 121 Å². The molecule has 2 rings (SSSR count). The molecular formula is C18H22O2. The van der Waals surface area contributed by atoms with Gasteiger partial charge in [-0.05, 0) is 30.5 Å². The largest absolute Gasteiger partial charge is 0.353 e. The molecular weight excluding hydrogens is 248 g/mol. The molecule has 0 atom stereocenters. The molecule has 0 spiro atoms. The smallest absolute Gasteiger partial charge is 0.161 e. The second-order valence-corrected chi connectivity index (χ2v) is 4.61. The van der Waals surface area contributed by atoms with Gasteiger partial charge in [-0.15, -0.1) is 0 Å². The summed E-state index contributed by atoms with van der Waals surface area (Å²) in [5.74, 6) is 0. The zero-order valence-electron chi connectivity index (χ0n) is 12.2. The van der Waals surface area contributed by atoms with Crippen molar-refractivity contribution in [2.75, 3.05) is 13.2 Å². The average Bonchev–Trinajstić information content (AvgIpc) is 2.49. The highest BCUT2D eigenvalue weighted by molar-refractivity contribution is 5.63. The van der Waals surface area contributed by atoms with Crippen LogP contribution in [0.4, 0.5) is 0 Å². The Kier molecular flexibility index (Phi) is 5.78. The first-order valence-electron chi connectivity index (χ1n) is 7.21. The number of ether oxygens (including phenoxy) is 2. The molecule has 0 saturated carbocycles. The Hall–Kier alpha value is -1.64. The molecule has 2 aromatic carbocycles. The van der Waals surface area contributed by atoms with Crippen molar-refractivity contribution in [3.05, 3.63) is 60.2 Å². The van der Waals surface area contributed by atoms with E-state index in [9.17, 15) is 0 Å². The highest BCUT2D eigenvalue weighted by atomic mass is 16.7. The highest BCUT2D eigenvalue weighted by Crippen LogP contribution is 2.20. The summed E-state index contributed by atoms with van der Waals surface area (Å²) in [6.45, 7) is 5.33. The molecule has 2 heteroatoms. The van der Waals surface area contributed by atoms with Crippen LogP contribution in [0.5, 0.6) is 0 Å². The molecule has 0 unspecified atom stereocenters. The summed E-state index contributed by atoms with van der Waals surface area (Å²) in [6.07, 6.45) is 0.643. The molecule has 0 aliphatic heterocycles. The third-order valence-electron chi connectivity index (χ3n) is 3.17. The van der Waals surface area contributed by atoms with Gasteiger partial charge in [0.2, 0.25) is 0 Å². The van der Waals surface area contributed by atoms with Gasteiger partial charge in [0.25, 0.3) is 0 Å². The Morgan fingerprint density at radius 3 is 1.85 bits per heavy atom. The van der Waals surface area contributed by atoms with Crippen LogP contribution in [-0.4, -0.2) is 19.5 Å². The monoisotopic (exact) mass is 270 g/mol. The molecule has 106 valence electrons. The van der Waals surface area contributed by atoms with Crippen molar-refractivity contribution in [2.45, 2.75) is 26.6 Å². The van der Waals surface area contributed by atoms with Crippen molar-refractivity contribution in [3.63, 3.8) is 0 Å². The lowest BCUT2D eigenvalue weighted by molar-refractivity contribution is -0.134. The standard InChI is InChI=1S/C18H22O2/c1-3-19-18(20-4-2)14-15-10-12-17(13-11-15)16-8-6-5-7-9-16/h5-13,18H,3-4,14H2,1-2H3. The first-order valence-corrected chi connectivity index (χ1v) is 7.21. The molecule has 0 saturated heterocycles. The van der Waals surface area contributed by atoms with Crippen molar-refractivity contribution < 1.29 is 9.47 Å². The maximum Gasteiger partial charge on any atom is 0.161 e. The molecule has 2 nitrogen and oxygen atoms in total. The van der Waals surface area contributed by atoms with Crippen LogP contribution in [0.3, 0.4) is 0 Å². The van der Waals surface area contributed by atoms with Gasteiger partial charge in [0.1, 0.15) is 0 Å². The van der Waals surface area contributed by atoms with Gasteiger partial charge in [-0.25, -0.2) is 0 Å². The van der Waals surface area contributed by atoms with E-state index in [1.165, 1.54) is 16.7 Å². The molecule has 20 heavy (non-hydrogen) atoms. The molecule has 0 aliphatic rings. The number of rotatable bonds is 7. The molecule has 0 heterocycles. The van der Waals surface area contributed by atoms with E-state index < -0.39 is 0 Å². The maximum absolute atomic E-state index is 5.58. The number of benzene rings is 2. The molecule has 0 fully saturated rings. The van der Waals surface area contributed by atoms with Crippen LogP contribution in [0.2, 0.25) is 0 Å². The molecule has 0 N–H and O–H groups in total. The van der Waals surface area contributed by atoms with Crippen LogP contribution >= 0.6 is 0 Å². The topological polar surface area (TPSA) is 18.5 Å². The fraction of sp³-hybridized carbons (Fsp3) is 0.333. The molecule has 0 radical (unpaired) electrons. The average molecular weight is 270 g/mol. The fourth-order valence-electron chi connectivity index (χ4n) is 2.19. The van der Waals surface area contributed by atoms with Crippen LogP contribution in [-0.2, 0) is 15.9 Å². The van der Waals surface area contributed by atoms with Gasteiger partial charge < -0.3 is 9.47 Å². The van der Waals surface area contributed by atoms with Crippen molar-refractivity contribution in [2.24, 2.45) is 0 Å². The van der Waals surface area contributed by atoms with Gasteiger partial charge in [-0.1, -0.05) is 54.6 Å². The van der Waals surface area contributed by atoms with E-state index in [0.717, 1.165) is 6.42 Å². The lowest BCUT2D eigenvalue weighted by Crippen LogP contribution is -2.20. The van der Waals surface area contributed by atoms with E-state index in [4.69, 9.17) is 9.47 Å². The summed E-state index contributed by atoms with van der Waals surface area (Å²) < 4.78 is 11.2. The van der Waals surface area contributed by atoms with Crippen LogP contribution in [0.25, 0.3) is 11.1 Å². The summed E-state index contributed by atoms with van der Waals surface area (Å²) in [7, 11) is 0. The van der Waals surface area contributed by atoms with Crippen molar-refractivity contribution >= 4 is 0 Å². The first-order chi connectivity index (χ1) is 9.83. The van der Waals surface area contributed by atoms with Gasteiger partial charge in [0.05, 0.1) is 0 Å². The van der Waals surface area contributed by atoms with Crippen molar-refractivity contribution in [1.29, 1.82) is 0 Å².